The molecule has 2 unspecified atom stereocenters. The van der Waals surface area contributed by atoms with Gasteiger partial charge in [-0.2, -0.15) is 0 Å². The van der Waals surface area contributed by atoms with Crippen molar-refractivity contribution >= 4 is 0 Å². The van der Waals surface area contributed by atoms with Gasteiger partial charge in [0.15, 0.2) is 0 Å². The first-order valence-electron chi connectivity index (χ1n) is 20.2. The predicted molar refractivity (Wildman–Crippen MR) is 217 cm³/mol. The van der Waals surface area contributed by atoms with Crippen LogP contribution >= 0.6 is 0 Å². The minimum Gasteiger partial charge on any atom is -0.392 e. The lowest BCUT2D eigenvalue weighted by molar-refractivity contribution is -0.0208. The highest BCUT2D eigenvalue weighted by Crippen LogP contribution is 2.13. The van der Waals surface area contributed by atoms with E-state index in [1.54, 1.807) is 6.20 Å². The van der Waals surface area contributed by atoms with Gasteiger partial charge in [-0.15, -0.1) is 0 Å². The average Bonchev–Trinajstić information content (AvgIpc) is 3.96. The summed E-state index contributed by atoms with van der Waals surface area (Å²) in [5.41, 5.74) is 0. The largest absolute Gasteiger partial charge is 0.392 e. The van der Waals surface area contributed by atoms with E-state index >= 15 is 0 Å². The fourth-order valence-corrected chi connectivity index (χ4v) is 6.14. The van der Waals surface area contributed by atoms with Crippen molar-refractivity contribution in [3.05, 3.63) is 43.2 Å². The standard InChI is InChI=1S/C7H15NO2.2C7H15NO.C7H15N.C7H11N.C6H10N2/c1-6(2)8-3-4-10-7(8)5-9;1-7(2)8-3-5-9-6-4-8;1-6(2)8-4-3-7(9)5-8;2*1-7(2)8-5-3-4-6-8;1-6(2)8-4-3-7-5-8/h6-7,9H,3-5H2,1-2H3;7H,3-6H2,1-2H3;6-7,9H,3-5H2,1-2H3;7H,3-6H2,1-2H3;3-7H,1-2H3;3-6H,1-2H3. The topological polar surface area (TPSA) is 94.6 Å². The molecular formula is C41H81N7O4. The third kappa shape index (κ3) is 20.6. The number of aliphatic hydroxyl groups is 2. The highest BCUT2D eigenvalue weighted by molar-refractivity contribution is 4.91. The number of hydrogen-bond acceptors (Lipinski definition) is 9. The Morgan fingerprint density at radius 3 is 1.44 bits per heavy atom. The van der Waals surface area contributed by atoms with Gasteiger partial charge >= 0.3 is 0 Å². The van der Waals surface area contributed by atoms with Crippen LogP contribution in [0.2, 0.25) is 0 Å². The summed E-state index contributed by atoms with van der Waals surface area (Å²) in [7, 11) is 0. The zero-order valence-electron chi connectivity index (χ0n) is 35.4. The van der Waals surface area contributed by atoms with Crippen LogP contribution in [0.5, 0.6) is 0 Å². The van der Waals surface area contributed by atoms with Crippen molar-refractivity contribution in [1.82, 2.24) is 33.7 Å². The van der Waals surface area contributed by atoms with E-state index in [1.165, 1.54) is 25.9 Å². The number of aromatic nitrogens is 3. The summed E-state index contributed by atoms with van der Waals surface area (Å²) < 4.78 is 14.7. The lowest BCUT2D eigenvalue weighted by atomic mass is 10.3. The first-order chi connectivity index (χ1) is 24.7. The summed E-state index contributed by atoms with van der Waals surface area (Å²) in [5, 5.41) is 17.9. The molecule has 0 saturated carbocycles. The number of rotatable bonds is 7. The van der Waals surface area contributed by atoms with Gasteiger partial charge in [-0.05, 0) is 128 Å². The fourth-order valence-electron chi connectivity index (χ4n) is 6.14. The summed E-state index contributed by atoms with van der Waals surface area (Å²) in [6.07, 6.45) is 13.4. The Hall–Kier alpha value is -1.83. The monoisotopic (exact) mass is 736 g/mol. The molecule has 6 rings (SSSR count). The number of morpholine rings is 1. The quantitative estimate of drug-likeness (QED) is 0.342. The second-order valence-electron chi connectivity index (χ2n) is 15.8. The maximum atomic E-state index is 9.11. The minimum atomic E-state index is -0.0626. The van der Waals surface area contributed by atoms with E-state index < -0.39 is 0 Å². The van der Waals surface area contributed by atoms with Crippen molar-refractivity contribution in [2.24, 2.45) is 0 Å². The van der Waals surface area contributed by atoms with Gasteiger partial charge in [0.2, 0.25) is 0 Å². The van der Waals surface area contributed by atoms with Gasteiger partial charge in [0.05, 0.1) is 38.9 Å². The van der Waals surface area contributed by atoms with Crippen molar-refractivity contribution in [1.29, 1.82) is 0 Å². The van der Waals surface area contributed by atoms with Gasteiger partial charge in [-0.1, -0.05) is 0 Å². The first-order valence-corrected chi connectivity index (χ1v) is 20.2. The maximum Gasteiger partial charge on any atom is 0.134 e. The third-order valence-corrected chi connectivity index (χ3v) is 9.77. The molecule has 0 aromatic carbocycles. The predicted octanol–water partition coefficient (Wildman–Crippen LogP) is 6.26. The van der Waals surface area contributed by atoms with Gasteiger partial charge in [0.1, 0.15) is 6.23 Å². The van der Waals surface area contributed by atoms with Crippen molar-refractivity contribution in [3.63, 3.8) is 0 Å². The number of hydrogen-bond donors (Lipinski definition) is 2. The Bertz CT molecular complexity index is 1000. The lowest BCUT2D eigenvalue weighted by Crippen LogP contribution is -2.40. The van der Waals surface area contributed by atoms with Gasteiger partial charge < -0.3 is 33.7 Å². The summed E-state index contributed by atoms with van der Waals surface area (Å²) >= 11 is 0. The molecule has 11 nitrogen and oxygen atoms in total. The van der Waals surface area contributed by atoms with Crippen molar-refractivity contribution in [2.45, 2.75) is 151 Å². The molecule has 11 heteroatoms. The Morgan fingerprint density at radius 1 is 0.615 bits per heavy atom. The second kappa shape index (κ2) is 27.7. The fraction of sp³-hybridized carbons (Fsp3) is 0.829. The molecule has 4 fully saturated rings. The SMILES string of the molecule is CC(C)N1CCC(O)C1.CC(C)N1CCCC1.CC(C)N1CCOC1CO.CC(C)N1CCOCC1.CC(C)n1cccc1.CC(C)n1ccnc1. The van der Waals surface area contributed by atoms with Crippen LogP contribution in [0.25, 0.3) is 0 Å². The molecule has 4 aliphatic rings. The molecule has 304 valence electrons. The van der Waals surface area contributed by atoms with Crippen LogP contribution in [-0.4, -0.2) is 153 Å². The summed E-state index contributed by atoms with van der Waals surface area (Å²) in [6, 6.07) is 7.76. The van der Waals surface area contributed by atoms with E-state index in [0.717, 1.165) is 65.0 Å². The van der Waals surface area contributed by atoms with Crippen molar-refractivity contribution < 1.29 is 19.7 Å². The third-order valence-electron chi connectivity index (χ3n) is 9.77. The molecule has 0 bridgehead atoms. The molecule has 2 aromatic rings. The van der Waals surface area contributed by atoms with Gasteiger partial charge in [0.25, 0.3) is 0 Å². The first kappa shape index (κ1) is 48.2. The Kier molecular flexibility index (Phi) is 25.7. The van der Waals surface area contributed by atoms with Gasteiger partial charge in [-0.25, -0.2) is 4.98 Å². The zero-order chi connectivity index (χ0) is 39.1. The van der Waals surface area contributed by atoms with Gasteiger partial charge in [0, 0.05) is 93.8 Å². The Balaban J connectivity index is 0.000000313. The summed E-state index contributed by atoms with van der Waals surface area (Å²) in [6.45, 7) is 36.6. The van der Waals surface area contributed by atoms with E-state index in [0.29, 0.717) is 30.2 Å². The Morgan fingerprint density at radius 2 is 1.15 bits per heavy atom. The second-order valence-corrected chi connectivity index (χ2v) is 15.8. The number of ether oxygens (including phenoxy) is 2. The smallest absolute Gasteiger partial charge is 0.134 e. The molecule has 0 amide bonds. The van der Waals surface area contributed by atoms with Crippen LogP contribution in [0.3, 0.4) is 0 Å². The highest BCUT2D eigenvalue weighted by Gasteiger charge is 2.26. The molecule has 2 aromatic heterocycles. The summed E-state index contributed by atoms with van der Waals surface area (Å²) in [4.78, 5) is 13.3. The molecule has 0 spiro atoms. The molecule has 6 heterocycles. The molecule has 0 aliphatic carbocycles. The van der Waals surface area contributed by atoms with Crippen LogP contribution in [0.1, 0.15) is 114 Å². The van der Waals surface area contributed by atoms with Crippen LogP contribution < -0.4 is 0 Å². The molecule has 4 aliphatic heterocycles. The highest BCUT2D eigenvalue weighted by atomic mass is 16.5. The summed E-state index contributed by atoms with van der Waals surface area (Å²) in [5.74, 6) is 0. The molecule has 0 radical (unpaired) electrons. The van der Waals surface area contributed by atoms with E-state index in [4.69, 9.17) is 19.7 Å². The number of imidazole rings is 1. The van der Waals surface area contributed by atoms with Crippen molar-refractivity contribution in [2.75, 3.05) is 72.2 Å². The minimum absolute atomic E-state index is 0.0556. The maximum absolute atomic E-state index is 9.11. The van der Waals surface area contributed by atoms with E-state index in [-0.39, 0.29) is 18.9 Å². The number of nitrogens with zero attached hydrogens (tertiary/aromatic N) is 7. The van der Waals surface area contributed by atoms with Gasteiger partial charge in [-0.3, -0.25) is 14.7 Å². The number of β-amino-alcohol motifs (C(OH)–C–C–N with tert-alkyl or cyclic N) is 1. The molecule has 4 saturated heterocycles. The molecule has 52 heavy (non-hydrogen) atoms. The lowest BCUT2D eigenvalue weighted by Gasteiger charge is -2.29. The molecule has 2 N–H and O–H groups in total. The number of aliphatic hydroxyl groups excluding tert-OH is 2. The molecular weight excluding hydrogens is 654 g/mol. The van der Waals surface area contributed by atoms with E-state index in [9.17, 15) is 0 Å². The van der Waals surface area contributed by atoms with Crippen LogP contribution in [-0.2, 0) is 9.47 Å². The van der Waals surface area contributed by atoms with E-state index in [2.05, 4.69) is 129 Å². The normalized spacial score (nSPS) is 21.3. The van der Waals surface area contributed by atoms with Crippen LogP contribution in [0, 0.1) is 0 Å². The molecule has 2 atom stereocenters. The number of likely N-dealkylation sites (tertiary alicyclic amines) is 2. The van der Waals surface area contributed by atoms with E-state index in [1.807, 2.05) is 24.7 Å². The average molecular weight is 736 g/mol. The Labute approximate surface area is 319 Å². The van der Waals surface area contributed by atoms with Crippen molar-refractivity contribution in [3.8, 4) is 0 Å². The zero-order valence-corrected chi connectivity index (χ0v) is 35.4. The van der Waals surface area contributed by atoms with Crippen LogP contribution in [0.15, 0.2) is 43.2 Å². The van der Waals surface area contributed by atoms with Crippen LogP contribution in [0.4, 0.5) is 0 Å².